The van der Waals surface area contributed by atoms with E-state index >= 15 is 0 Å². The largest absolute Gasteiger partial charge is 0.348 e. The average Bonchev–Trinajstić information content (AvgIpc) is 2.64. The lowest BCUT2D eigenvalue weighted by Crippen LogP contribution is -2.48. The Morgan fingerprint density at radius 2 is 1.92 bits per heavy atom. The SMILES string of the molecule is C=CCCC(C=O)COC1(N(C)c2ccccc2)C=CC(=O)C=C1. The summed E-state index contributed by atoms with van der Waals surface area (Å²) in [5.41, 5.74) is 0.0694. The van der Waals surface area contributed by atoms with Gasteiger partial charge >= 0.3 is 0 Å². The monoisotopic (exact) mass is 325 g/mol. The Bertz CT molecular complexity index is 618. The molecule has 0 saturated carbocycles. The lowest BCUT2D eigenvalue weighted by molar-refractivity contribution is -0.115. The quantitative estimate of drug-likeness (QED) is 0.397. The minimum atomic E-state index is -0.884. The molecule has 0 radical (unpaired) electrons. The zero-order valence-electron chi connectivity index (χ0n) is 13.9. The number of nitrogens with zero attached hydrogens (tertiary/aromatic N) is 1. The normalized spacial score (nSPS) is 16.6. The van der Waals surface area contributed by atoms with Crippen molar-refractivity contribution in [2.75, 3.05) is 18.6 Å². The number of carbonyl (C=O) groups excluding carboxylic acids is 2. The number of carbonyl (C=O) groups is 2. The third-order valence-electron chi connectivity index (χ3n) is 4.10. The molecule has 0 aromatic heterocycles. The minimum Gasteiger partial charge on any atom is -0.348 e. The molecule has 24 heavy (non-hydrogen) atoms. The molecule has 1 aliphatic rings. The van der Waals surface area contributed by atoms with Gasteiger partial charge in [-0.25, -0.2) is 0 Å². The maximum Gasteiger partial charge on any atom is 0.180 e. The van der Waals surface area contributed by atoms with Gasteiger partial charge in [-0.05, 0) is 49.3 Å². The Morgan fingerprint density at radius 1 is 1.25 bits per heavy atom. The maximum absolute atomic E-state index is 11.5. The molecular weight excluding hydrogens is 302 g/mol. The highest BCUT2D eigenvalue weighted by atomic mass is 16.5. The summed E-state index contributed by atoms with van der Waals surface area (Å²) in [7, 11) is 1.90. The van der Waals surface area contributed by atoms with Crippen LogP contribution in [0.1, 0.15) is 12.8 Å². The van der Waals surface area contributed by atoms with Crippen molar-refractivity contribution < 1.29 is 14.3 Å². The first-order chi connectivity index (χ1) is 11.6. The molecule has 1 unspecified atom stereocenters. The smallest absolute Gasteiger partial charge is 0.180 e. The van der Waals surface area contributed by atoms with E-state index in [9.17, 15) is 9.59 Å². The minimum absolute atomic E-state index is 0.0747. The highest BCUT2D eigenvalue weighted by Crippen LogP contribution is 2.29. The van der Waals surface area contributed by atoms with E-state index in [0.717, 1.165) is 18.4 Å². The average molecular weight is 325 g/mol. The van der Waals surface area contributed by atoms with Gasteiger partial charge < -0.3 is 14.4 Å². The lowest BCUT2D eigenvalue weighted by atomic mass is 10.0. The van der Waals surface area contributed by atoms with E-state index in [2.05, 4.69) is 6.58 Å². The van der Waals surface area contributed by atoms with Crippen LogP contribution in [0.4, 0.5) is 5.69 Å². The summed E-state index contributed by atoms with van der Waals surface area (Å²) in [6.45, 7) is 3.96. The summed E-state index contributed by atoms with van der Waals surface area (Å²) in [5, 5.41) is 0. The highest BCUT2D eigenvalue weighted by molar-refractivity contribution is 6.00. The van der Waals surface area contributed by atoms with Crippen LogP contribution in [0, 0.1) is 5.92 Å². The predicted octanol–water partition coefficient (Wildman–Crippen LogP) is 3.31. The van der Waals surface area contributed by atoms with Crippen molar-refractivity contribution in [1.82, 2.24) is 0 Å². The Morgan fingerprint density at radius 3 is 2.50 bits per heavy atom. The number of likely N-dealkylation sites (N-methyl/N-ethyl adjacent to an activating group) is 1. The van der Waals surface area contributed by atoms with Crippen LogP contribution in [0.15, 0.2) is 67.3 Å². The first kappa shape index (κ1) is 17.9. The van der Waals surface area contributed by atoms with Crippen LogP contribution in [0.5, 0.6) is 0 Å². The molecular formula is C20H23NO3. The number of hydrogen-bond acceptors (Lipinski definition) is 4. The van der Waals surface area contributed by atoms with Gasteiger partial charge in [0, 0.05) is 18.7 Å². The van der Waals surface area contributed by atoms with Crippen molar-refractivity contribution in [2.45, 2.75) is 18.6 Å². The van der Waals surface area contributed by atoms with Crippen LogP contribution in [-0.4, -0.2) is 31.4 Å². The van der Waals surface area contributed by atoms with Crippen LogP contribution in [0.3, 0.4) is 0 Å². The topological polar surface area (TPSA) is 46.6 Å². The first-order valence-electron chi connectivity index (χ1n) is 8.03. The molecule has 0 aliphatic heterocycles. The Kier molecular flexibility index (Phi) is 6.27. The number of rotatable bonds is 9. The van der Waals surface area contributed by atoms with E-state index in [1.807, 2.05) is 42.3 Å². The summed E-state index contributed by atoms with van der Waals surface area (Å²) in [5.74, 6) is -0.280. The van der Waals surface area contributed by atoms with Gasteiger partial charge in [0.1, 0.15) is 6.29 Å². The first-order valence-corrected chi connectivity index (χ1v) is 8.03. The van der Waals surface area contributed by atoms with Crippen molar-refractivity contribution >= 4 is 17.8 Å². The number of benzene rings is 1. The van der Waals surface area contributed by atoms with Gasteiger partial charge in [-0.15, -0.1) is 6.58 Å². The van der Waals surface area contributed by atoms with Gasteiger partial charge in [0.15, 0.2) is 11.5 Å². The standard InChI is InChI=1S/C20H23NO3/c1-3-4-8-17(15-22)16-24-20(13-11-19(23)12-14-20)21(2)18-9-6-5-7-10-18/h3,5-7,9-15,17H,1,4,8,16H2,2H3. The molecule has 126 valence electrons. The second kappa shape index (κ2) is 8.41. The molecule has 4 heteroatoms. The van der Waals surface area contributed by atoms with Gasteiger partial charge in [-0.2, -0.15) is 0 Å². The Labute approximate surface area is 143 Å². The van der Waals surface area contributed by atoms with E-state index in [4.69, 9.17) is 4.74 Å². The summed E-state index contributed by atoms with van der Waals surface area (Å²) in [6.07, 6.45) is 10.6. The van der Waals surface area contributed by atoms with Crippen molar-refractivity contribution in [2.24, 2.45) is 5.92 Å². The molecule has 0 spiro atoms. The number of ketones is 1. The predicted molar refractivity (Wildman–Crippen MR) is 95.8 cm³/mol. The van der Waals surface area contributed by atoms with E-state index < -0.39 is 5.72 Å². The third kappa shape index (κ3) is 4.30. The second-order valence-electron chi connectivity index (χ2n) is 5.79. The lowest BCUT2D eigenvalue weighted by Gasteiger charge is -2.40. The summed E-state index contributed by atoms with van der Waals surface area (Å²) >= 11 is 0. The fourth-order valence-corrected chi connectivity index (χ4v) is 2.55. The number of para-hydroxylation sites is 1. The number of aldehydes is 1. The molecule has 0 fully saturated rings. The molecule has 4 nitrogen and oxygen atoms in total. The zero-order chi connectivity index (χ0) is 17.4. The van der Waals surface area contributed by atoms with E-state index in [-0.39, 0.29) is 18.3 Å². The maximum atomic E-state index is 11.5. The van der Waals surface area contributed by atoms with Crippen LogP contribution < -0.4 is 4.90 Å². The number of hydrogen-bond donors (Lipinski definition) is 0. The van der Waals surface area contributed by atoms with Crippen LogP contribution in [0.2, 0.25) is 0 Å². The van der Waals surface area contributed by atoms with Gasteiger partial charge in [0.05, 0.1) is 6.61 Å². The molecule has 0 bridgehead atoms. The Balaban J connectivity index is 2.20. The number of anilines is 1. The van der Waals surface area contributed by atoms with Crippen molar-refractivity contribution in [3.05, 3.63) is 67.3 Å². The fraction of sp³-hybridized carbons (Fsp3) is 0.300. The van der Waals surface area contributed by atoms with E-state index in [1.54, 1.807) is 18.2 Å². The van der Waals surface area contributed by atoms with Crippen LogP contribution in [0.25, 0.3) is 0 Å². The van der Waals surface area contributed by atoms with E-state index in [1.165, 1.54) is 12.2 Å². The second-order valence-corrected chi connectivity index (χ2v) is 5.79. The summed E-state index contributed by atoms with van der Waals surface area (Å²) < 4.78 is 6.12. The Hall–Kier alpha value is -2.46. The summed E-state index contributed by atoms with van der Waals surface area (Å²) in [4.78, 5) is 24.7. The molecule has 1 atom stereocenters. The molecule has 1 aromatic rings. The van der Waals surface area contributed by atoms with Gasteiger partial charge in [0.2, 0.25) is 0 Å². The van der Waals surface area contributed by atoms with E-state index in [0.29, 0.717) is 6.42 Å². The van der Waals surface area contributed by atoms with Crippen molar-refractivity contribution in [1.29, 1.82) is 0 Å². The van der Waals surface area contributed by atoms with Gasteiger partial charge in [0.25, 0.3) is 0 Å². The highest BCUT2D eigenvalue weighted by Gasteiger charge is 2.33. The van der Waals surface area contributed by atoms with Crippen LogP contribution >= 0.6 is 0 Å². The number of ether oxygens (including phenoxy) is 1. The van der Waals surface area contributed by atoms with Gasteiger partial charge in [-0.1, -0.05) is 24.3 Å². The molecule has 0 amide bonds. The van der Waals surface area contributed by atoms with Crippen LogP contribution in [-0.2, 0) is 14.3 Å². The summed E-state index contributed by atoms with van der Waals surface area (Å²) in [6, 6.07) is 9.77. The molecule has 2 rings (SSSR count). The molecule has 0 saturated heterocycles. The van der Waals surface area contributed by atoms with Gasteiger partial charge in [-0.3, -0.25) is 4.79 Å². The van der Waals surface area contributed by atoms with Crippen molar-refractivity contribution in [3.63, 3.8) is 0 Å². The fourth-order valence-electron chi connectivity index (χ4n) is 2.55. The molecule has 1 aliphatic carbocycles. The zero-order valence-corrected chi connectivity index (χ0v) is 13.9. The van der Waals surface area contributed by atoms with Crippen molar-refractivity contribution in [3.8, 4) is 0 Å². The number of allylic oxidation sites excluding steroid dienone is 3. The molecule has 0 heterocycles. The molecule has 0 N–H and O–H groups in total. The third-order valence-corrected chi connectivity index (χ3v) is 4.10. The molecule has 1 aromatic carbocycles.